The second-order valence-corrected chi connectivity index (χ2v) is 10.1. The van der Waals surface area contributed by atoms with Crippen molar-refractivity contribution in [3.05, 3.63) is 70.3 Å². The van der Waals surface area contributed by atoms with Crippen LogP contribution in [0.15, 0.2) is 54.6 Å². The summed E-state index contributed by atoms with van der Waals surface area (Å²) in [6.45, 7) is 2.45. The summed E-state index contributed by atoms with van der Waals surface area (Å²) in [5.74, 6) is -0.810. The lowest BCUT2D eigenvalue weighted by Gasteiger charge is -2.21. The molecule has 1 amide bonds. The van der Waals surface area contributed by atoms with Gasteiger partial charge in [-0.05, 0) is 69.4 Å². The molecule has 1 aliphatic carbocycles. The number of unbranched alkanes of at least 4 members (excludes halogenated alkanes) is 2. The quantitative estimate of drug-likeness (QED) is 0.0754. The Bertz CT molecular complexity index is 952. The van der Waals surface area contributed by atoms with Crippen molar-refractivity contribution in [2.75, 3.05) is 13.2 Å². The summed E-state index contributed by atoms with van der Waals surface area (Å²) in [4.78, 5) is 38.6. The predicted molar refractivity (Wildman–Crippen MR) is 150 cm³/mol. The van der Waals surface area contributed by atoms with Gasteiger partial charge in [0.1, 0.15) is 6.10 Å². The van der Waals surface area contributed by atoms with Crippen LogP contribution in [0.3, 0.4) is 0 Å². The summed E-state index contributed by atoms with van der Waals surface area (Å²) < 4.78 is 5.73. The minimum Gasteiger partial charge on any atom is -0.458 e. The lowest BCUT2D eigenvalue weighted by molar-refractivity contribution is -0.757. The van der Waals surface area contributed by atoms with E-state index in [1.165, 1.54) is 0 Å². The fraction of sp³-hybridized carbons (Fsp3) is 0.600. The Morgan fingerprint density at radius 3 is 2.62 bits per heavy atom. The van der Waals surface area contributed by atoms with Crippen LogP contribution in [0.5, 0.6) is 0 Å². The van der Waals surface area contributed by atoms with Gasteiger partial charge in [-0.1, -0.05) is 48.6 Å². The van der Waals surface area contributed by atoms with Gasteiger partial charge >= 0.3 is 5.97 Å². The number of benzene rings is 1. The van der Waals surface area contributed by atoms with E-state index in [-0.39, 0.29) is 37.2 Å². The first-order chi connectivity index (χ1) is 19.3. The van der Waals surface area contributed by atoms with Gasteiger partial charge < -0.3 is 25.1 Å². The maximum Gasteiger partial charge on any atom is 0.306 e. The van der Waals surface area contributed by atoms with Gasteiger partial charge in [0.25, 0.3) is 5.09 Å². The molecule has 0 bridgehead atoms. The highest BCUT2D eigenvalue weighted by molar-refractivity contribution is 5.75. The molecule has 1 aliphatic rings. The van der Waals surface area contributed by atoms with Gasteiger partial charge in [0.05, 0.1) is 18.8 Å². The first-order valence-corrected chi connectivity index (χ1v) is 14.3. The average Bonchev–Trinajstić information content (AvgIpc) is 3.19. The van der Waals surface area contributed by atoms with Crippen molar-refractivity contribution < 1.29 is 34.5 Å². The van der Waals surface area contributed by atoms with E-state index in [0.29, 0.717) is 45.1 Å². The summed E-state index contributed by atoms with van der Waals surface area (Å²) in [7, 11) is 0. The molecular weight excluding hydrogens is 516 g/mol. The van der Waals surface area contributed by atoms with Crippen molar-refractivity contribution in [3.8, 4) is 0 Å². The van der Waals surface area contributed by atoms with Crippen molar-refractivity contribution in [2.24, 2.45) is 11.8 Å². The molecule has 222 valence electrons. The Labute approximate surface area is 236 Å². The number of aliphatic hydroxyl groups excluding tert-OH is 2. The van der Waals surface area contributed by atoms with Crippen molar-refractivity contribution in [1.29, 1.82) is 0 Å². The Morgan fingerprint density at radius 1 is 1.12 bits per heavy atom. The van der Waals surface area contributed by atoms with E-state index in [1.807, 2.05) is 61.6 Å². The van der Waals surface area contributed by atoms with Crippen LogP contribution in [0, 0.1) is 22.0 Å². The number of carbonyl (C=O) groups excluding carboxylic acids is 2. The lowest BCUT2D eigenvalue weighted by Crippen LogP contribution is -2.22. The Balaban J connectivity index is 1.95. The van der Waals surface area contributed by atoms with Crippen LogP contribution in [0.1, 0.15) is 70.3 Å². The second-order valence-electron chi connectivity index (χ2n) is 10.1. The highest BCUT2D eigenvalue weighted by atomic mass is 16.9. The highest BCUT2D eigenvalue weighted by Crippen LogP contribution is 2.36. The maximum atomic E-state index is 12.5. The monoisotopic (exact) mass is 560 g/mol. The molecule has 10 heteroatoms. The van der Waals surface area contributed by atoms with Crippen LogP contribution in [0.2, 0.25) is 0 Å². The van der Waals surface area contributed by atoms with E-state index < -0.39 is 29.4 Å². The zero-order valence-electron chi connectivity index (χ0n) is 23.4. The van der Waals surface area contributed by atoms with Crippen molar-refractivity contribution in [2.45, 2.75) is 89.4 Å². The van der Waals surface area contributed by atoms with Crippen molar-refractivity contribution in [1.82, 2.24) is 5.32 Å². The number of rotatable bonds is 19. The first kappa shape index (κ1) is 33.0. The van der Waals surface area contributed by atoms with Gasteiger partial charge in [-0.2, -0.15) is 0 Å². The van der Waals surface area contributed by atoms with E-state index >= 15 is 0 Å². The molecule has 3 N–H and O–H groups in total. The number of hydrogen-bond donors (Lipinski definition) is 3. The van der Waals surface area contributed by atoms with Gasteiger partial charge in [0, 0.05) is 31.7 Å². The molecule has 2 rings (SSSR count). The van der Waals surface area contributed by atoms with E-state index in [4.69, 9.17) is 4.74 Å². The number of nitrogens with one attached hydrogen (secondary N) is 1. The van der Waals surface area contributed by atoms with Crippen LogP contribution in [0.25, 0.3) is 0 Å². The number of amides is 1. The standard InChI is InChI=1S/C30H44N2O8/c1-2-31-29(35)15-9-4-3-8-14-25-26(28(34)22-27(25)33)20-19-24(18-17-23-12-6-5-7-13-23)40-30(36)16-10-11-21-39-32(37)38/h3,5-8,12-13,19-20,24-28,33-34H,2,4,9-11,14-18,21-22H2,1H3,(H,31,35)/b8-3-,20-19+/t24-,25+,26+,27-,28+/m0/s1. The minimum atomic E-state index is -0.852. The number of esters is 1. The molecule has 0 heterocycles. The lowest BCUT2D eigenvalue weighted by atomic mass is 9.89. The fourth-order valence-corrected chi connectivity index (χ4v) is 4.88. The van der Waals surface area contributed by atoms with Gasteiger partial charge in [-0.3, -0.25) is 9.59 Å². The number of carbonyl (C=O) groups is 2. The van der Waals surface area contributed by atoms with E-state index in [1.54, 1.807) is 0 Å². The van der Waals surface area contributed by atoms with E-state index in [0.717, 1.165) is 18.4 Å². The molecular formula is C30H44N2O8. The molecule has 0 aromatic heterocycles. The maximum absolute atomic E-state index is 12.5. The number of aliphatic hydroxyl groups is 2. The summed E-state index contributed by atoms with van der Waals surface area (Å²) >= 11 is 0. The molecule has 1 aromatic rings. The fourth-order valence-electron chi connectivity index (χ4n) is 4.88. The van der Waals surface area contributed by atoms with Gasteiger partial charge in [-0.15, -0.1) is 10.1 Å². The zero-order chi connectivity index (χ0) is 29.2. The van der Waals surface area contributed by atoms with Gasteiger partial charge in [0.2, 0.25) is 5.91 Å². The molecule has 1 aromatic carbocycles. The number of allylic oxidation sites excluding steroid dienone is 2. The third-order valence-electron chi connectivity index (χ3n) is 7.00. The molecule has 0 unspecified atom stereocenters. The molecule has 10 nitrogen and oxygen atoms in total. The molecule has 1 fully saturated rings. The third kappa shape index (κ3) is 13.2. The molecule has 5 atom stereocenters. The molecule has 0 aliphatic heterocycles. The summed E-state index contributed by atoms with van der Waals surface area (Å²) in [5, 5.41) is 33.4. The number of hydrogen-bond acceptors (Lipinski definition) is 8. The van der Waals surface area contributed by atoms with Crippen LogP contribution in [-0.2, 0) is 25.6 Å². The molecule has 0 radical (unpaired) electrons. The summed E-state index contributed by atoms with van der Waals surface area (Å²) in [6.07, 6.45) is 10.8. The van der Waals surface area contributed by atoms with Crippen LogP contribution >= 0.6 is 0 Å². The number of aryl methyl sites for hydroxylation is 1. The molecule has 0 saturated heterocycles. The van der Waals surface area contributed by atoms with Crippen molar-refractivity contribution in [3.63, 3.8) is 0 Å². The predicted octanol–water partition coefficient (Wildman–Crippen LogP) is 4.08. The minimum absolute atomic E-state index is 0.0433. The first-order valence-electron chi connectivity index (χ1n) is 14.3. The largest absolute Gasteiger partial charge is 0.458 e. The zero-order valence-corrected chi connectivity index (χ0v) is 23.4. The highest BCUT2D eigenvalue weighted by Gasteiger charge is 2.39. The van der Waals surface area contributed by atoms with E-state index in [2.05, 4.69) is 10.2 Å². The Kier molecular flexibility index (Phi) is 15.6. The normalized spacial score (nSPS) is 21.5. The topological polar surface area (TPSA) is 148 Å². The third-order valence-corrected chi connectivity index (χ3v) is 7.00. The summed E-state index contributed by atoms with van der Waals surface area (Å²) in [6, 6.07) is 9.86. The average molecular weight is 561 g/mol. The smallest absolute Gasteiger partial charge is 0.306 e. The van der Waals surface area contributed by atoms with E-state index in [9.17, 15) is 29.9 Å². The molecule has 1 saturated carbocycles. The summed E-state index contributed by atoms with van der Waals surface area (Å²) in [5.41, 5.74) is 1.11. The number of nitrogens with zero attached hydrogens (tertiary/aromatic N) is 1. The van der Waals surface area contributed by atoms with Gasteiger partial charge in [-0.25, -0.2) is 0 Å². The second kappa shape index (κ2) is 18.9. The van der Waals surface area contributed by atoms with Crippen molar-refractivity contribution >= 4 is 11.9 Å². The van der Waals surface area contributed by atoms with Crippen LogP contribution in [0.4, 0.5) is 0 Å². The number of ether oxygens (including phenoxy) is 1. The van der Waals surface area contributed by atoms with Gasteiger partial charge in [0.15, 0.2) is 0 Å². The Hall–Kier alpha value is -3.24. The van der Waals surface area contributed by atoms with Crippen LogP contribution < -0.4 is 5.32 Å². The Morgan fingerprint density at radius 2 is 1.90 bits per heavy atom. The van der Waals surface area contributed by atoms with Crippen LogP contribution in [-0.4, -0.2) is 58.6 Å². The molecule has 0 spiro atoms. The molecule has 40 heavy (non-hydrogen) atoms. The SMILES string of the molecule is CCNC(=O)CCC/C=C\C[C@@H]1[C@@H](/C=C/[C@H](CCc2ccccc2)OC(=O)CCCCO[N+](=O)[O-])[C@H](O)C[C@@H]1O.